The van der Waals surface area contributed by atoms with Crippen LogP contribution in [0.25, 0.3) is 0 Å². The zero-order valence-corrected chi connectivity index (χ0v) is 23.2. The summed E-state index contributed by atoms with van der Waals surface area (Å²) < 4.78 is 32.4. The molecule has 0 saturated carbocycles. The molecule has 0 aromatic rings. The summed E-state index contributed by atoms with van der Waals surface area (Å²) in [5, 5.41) is 9.27. The zero-order chi connectivity index (χ0) is 21.8. The van der Waals surface area contributed by atoms with Crippen LogP contribution in [0.15, 0.2) is 0 Å². The zero-order valence-electron chi connectivity index (χ0n) is 20.4. The van der Waals surface area contributed by atoms with Gasteiger partial charge in [-0.2, -0.15) is 0 Å². The minimum absolute atomic E-state index is 0. The van der Waals surface area contributed by atoms with Crippen LogP contribution < -0.4 is 29.6 Å². The van der Waals surface area contributed by atoms with Crippen LogP contribution in [0.2, 0.25) is 0 Å². The topological polar surface area (TPSA) is 77.4 Å². The Bertz CT molecular complexity index is 442. The Hall–Kier alpha value is 0.870. The van der Waals surface area contributed by atoms with Crippen molar-refractivity contribution in [3.05, 3.63) is 0 Å². The van der Waals surface area contributed by atoms with E-state index in [1.807, 2.05) is 0 Å². The molecular formula is C24H49NaO4S. The number of unbranched alkanes of at least 4 members (excludes halogenated alkanes) is 15. The van der Waals surface area contributed by atoms with Crippen molar-refractivity contribution in [2.24, 2.45) is 0 Å². The number of aliphatic hydroxyl groups excluding tert-OH is 1. The Balaban J connectivity index is 0. The molecule has 0 aliphatic carbocycles. The fourth-order valence-corrected chi connectivity index (χ4v) is 4.31. The van der Waals surface area contributed by atoms with Crippen molar-refractivity contribution >= 4 is 10.1 Å². The first kappa shape index (κ1) is 33.0. The Kier molecular flexibility index (Phi) is 25.4. The molecule has 176 valence electrons. The van der Waals surface area contributed by atoms with Crippen molar-refractivity contribution < 1.29 is 47.6 Å². The van der Waals surface area contributed by atoms with Gasteiger partial charge in [0.1, 0.15) is 0 Å². The molecule has 0 saturated heterocycles. The van der Waals surface area contributed by atoms with Crippen molar-refractivity contribution in [3.8, 4) is 0 Å². The van der Waals surface area contributed by atoms with Crippen LogP contribution in [-0.2, 0) is 10.1 Å². The van der Waals surface area contributed by atoms with E-state index in [-0.39, 0.29) is 35.7 Å². The average molecular weight is 457 g/mol. The smallest absolute Gasteiger partial charge is 0.748 e. The van der Waals surface area contributed by atoms with E-state index in [2.05, 4.69) is 6.92 Å². The minimum atomic E-state index is -4.09. The molecule has 0 amide bonds. The molecule has 0 aliphatic rings. The molecule has 0 heterocycles. The van der Waals surface area contributed by atoms with E-state index < -0.39 is 15.4 Å². The molecule has 0 aromatic carbocycles. The molecule has 6 heteroatoms. The van der Waals surface area contributed by atoms with Gasteiger partial charge in [-0.3, -0.25) is 0 Å². The van der Waals surface area contributed by atoms with Crippen LogP contribution in [0, 0.1) is 0 Å². The predicted octanol–water partition coefficient (Wildman–Crippen LogP) is 4.11. The summed E-state index contributed by atoms with van der Waals surface area (Å²) in [5.41, 5.74) is 0. The third kappa shape index (κ3) is 23.5. The van der Waals surface area contributed by atoms with Gasteiger partial charge in [-0.15, -0.1) is 0 Å². The van der Waals surface area contributed by atoms with E-state index in [9.17, 15) is 18.1 Å². The molecule has 2 unspecified atom stereocenters. The van der Waals surface area contributed by atoms with Gasteiger partial charge >= 0.3 is 29.6 Å². The van der Waals surface area contributed by atoms with E-state index >= 15 is 0 Å². The van der Waals surface area contributed by atoms with Gasteiger partial charge in [-0.05, 0) is 26.2 Å². The monoisotopic (exact) mass is 456 g/mol. The number of aliphatic hydroxyl groups is 1. The largest absolute Gasteiger partial charge is 1.00 e. The Morgan fingerprint density at radius 2 is 0.933 bits per heavy atom. The van der Waals surface area contributed by atoms with Crippen LogP contribution in [0.1, 0.15) is 142 Å². The van der Waals surface area contributed by atoms with Crippen LogP contribution in [-0.4, -0.2) is 29.4 Å². The molecule has 0 rings (SSSR count). The van der Waals surface area contributed by atoms with Gasteiger partial charge in [0.25, 0.3) is 0 Å². The summed E-state index contributed by atoms with van der Waals surface area (Å²) >= 11 is 0. The maximum Gasteiger partial charge on any atom is 1.00 e. The molecule has 2 atom stereocenters. The van der Waals surface area contributed by atoms with E-state index in [1.165, 1.54) is 96.8 Å². The summed E-state index contributed by atoms with van der Waals surface area (Å²) in [6.45, 7) is 3.75. The van der Waals surface area contributed by atoms with Crippen LogP contribution in [0.4, 0.5) is 0 Å². The molecule has 0 aliphatic heterocycles. The second kappa shape index (κ2) is 23.0. The predicted molar refractivity (Wildman–Crippen MR) is 123 cm³/mol. The summed E-state index contributed by atoms with van der Waals surface area (Å²) in [4.78, 5) is 0. The van der Waals surface area contributed by atoms with Gasteiger partial charge in [0.05, 0.1) is 16.2 Å². The van der Waals surface area contributed by atoms with Gasteiger partial charge < -0.3 is 9.66 Å². The van der Waals surface area contributed by atoms with Gasteiger partial charge in [0, 0.05) is 5.25 Å². The van der Waals surface area contributed by atoms with Gasteiger partial charge in [0.2, 0.25) is 0 Å². The molecule has 1 N–H and O–H groups in total. The quantitative estimate of drug-likeness (QED) is 0.151. The van der Waals surface area contributed by atoms with Gasteiger partial charge in [0.15, 0.2) is 0 Å². The molecule has 0 bridgehead atoms. The maximum atomic E-state index is 10.8. The minimum Gasteiger partial charge on any atom is -0.748 e. The molecule has 0 aromatic heterocycles. The summed E-state index contributed by atoms with van der Waals surface area (Å²) in [5.74, 6) is 0. The molecule has 0 spiro atoms. The van der Waals surface area contributed by atoms with Crippen molar-refractivity contribution in [1.29, 1.82) is 0 Å². The van der Waals surface area contributed by atoms with Gasteiger partial charge in [-0.1, -0.05) is 116 Å². The van der Waals surface area contributed by atoms with E-state index in [1.54, 1.807) is 0 Å². The van der Waals surface area contributed by atoms with Crippen molar-refractivity contribution in [1.82, 2.24) is 0 Å². The Morgan fingerprint density at radius 3 is 1.27 bits per heavy atom. The van der Waals surface area contributed by atoms with Crippen molar-refractivity contribution in [2.45, 2.75) is 154 Å². The second-order valence-electron chi connectivity index (χ2n) is 8.98. The standard InChI is InChI=1S/C24H50O4S.Na/c1-3-4-5-14-18-21-24(25)22-19-16-13-11-9-7-6-8-10-12-15-17-20-23(2)29(26,27)28;/h23-25H,3-22H2,1-2H3,(H,26,27,28);/q;+1/p-1. The fourth-order valence-electron chi connectivity index (χ4n) is 3.85. The van der Waals surface area contributed by atoms with E-state index in [4.69, 9.17) is 0 Å². The van der Waals surface area contributed by atoms with E-state index in [0.717, 1.165) is 32.1 Å². The van der Waals surface area contributed by atoms with E-state index in [0.29, 0.717) is 6.42 Å². The fraction of sp³-hybridized carbons (Fsp3) is 1.00. The first-order chi connectivity index (χ1) is 13.9. The molecule has 0 fully saturated rings. The SMILES string of the molecule is CCCCCCCC(O)CCCCCCCCCCCCCCC(C)S(=O)(=O)[O-].[Na+]. The third-order valence-corrected chi connectivity index (χ3v) is 7.25. The number of rotatable bonds is 22. The average Bonchev–Trinajstić information content (AvgIpc) is 2.67. The second-order valence-corrected chi connectivity index (χ2v) is 10.8. The Morgan fingerprint density at radius 1 is 0.633 bits per heavy atom. The maximum absolute atomic E-state index is 10.8. The Labute approximate surface area is 210 Å². The third-order valence-electron chi connectivity index (χ3n) is 6.03. The summed E-state index contributed by atoms with van der Waals surface area (Å²) in [7, 11) is -4.09. The van der Waals surface area contributed by atoms with Crippen molar-refractivity contribution in [2.75, 3.05) is 0 Å². The van der Waals surface area contributed by atoms with Gasteiger partial charge in [-0.25, -0.2) is 8.42 Å². The van der Waals surface area contributed by atoms with Crippen LogP contribution in [0.3, 0.4) is 0 Å². The first-order valence-electron chi connectivity index (χ1n) is 12.5. The molecule has 0 radical (unpaired) electrons. The number of hydrogen-bond donors (Lipinski definition) is 1. The normalized spacial score (nSPS) is 13.7. The summed E-state index contributed by atoms with van der Waals surface area (Å²) in [6.07, 6.45) is 23.2. The first-order valence-corrected chi connectivity index (χ1v) is 14.0. The summed E-state index contributed by atoms with van der Waals surface area (Å²) in [6, 6.07) is 0. The van der Waals surface area contributed by atoms with Crippen LogP contribution in [0.5, 0.6) is 0 Å². The molecule has 4 nitrogen and oxygen atoms in total. The molecule has 30 heavy (non-hydrogen) atoms. The number of hydrogen-bond acceptors (Lipinski definition) is 4. The van der Waals surface area contributed by atoms with Crippen LogP contribution >= 0.6 is 0 Å². The van der Waals surface area contributed by atoms with Crippen molar-refractivity contribution in [3.63, 3.8) is 0 Å². The molecular weight excluding hydrogens is 407 g/mol.